The van der Waals surface area contributed by atoms with Gasteiger partial charge in [0.25, 0.3) is 21.3 Å². The van der Waals surface area contributed by atoms with Gasteiger partial charge >= 0.3 is 5.69 Å². The third-order valence-electron chi connectivity index (χ3n) is 6.53. The first-order valence-corrected chi connectivity index (χ1v) is 14.5. The van der Waals surface area contributed by atoms with Gasteiger partial charge in [-0.2, -0.15) is 8.42 Å². The molecule has 5 rings (SSSR count). The molecule has 0 unspecified atom stereocenters. The molecule has 11 nitrogen and oxygen atoms in total. The number of anilines is 1. The van der Waals surface area contributed by atoms with Gasteiger partial charge < -0.3 is 4.74 Å². The van der Waals surface area contributed by atoms with Crippen LogP contribution >= 0.6 is 22.6 Å². The molecule has 2 aromatic heterocycles. The molecule has 0 amide bonds. The maximum atomic E-state index is 15.4. The number of fused-ring (bicyclic) bond motifs is 1. The smallest absolute Gasteiger partial charge is 0.337 e. The zero-order chi connectivity index (χ0) is 29.1. The van der Waals surface area contributed by atoms with Crippen molar-refractivity contribution in [2.45, 2.75) is 25.8 Å². The molecule has 0 spiro atoms. The predicted octanol–water partition coefficient (Wildman–Crippen LogP) is 3.05. The summed E-state index contributed by atoms with van der Waals surface area (Å²) < 4.78 is 67.9. The molecule has 210 valence electrons. The fourth-order valence-corrected chi connectivity index (χ4v) is 5.40. The van der Waals surface area contributed by atoms with Crippen LogP contribution in [0, 0.1) is 22.1 Å². The number of pyridine rings is 1. The summed E-state index contributed by atoms with van der Waals surface area (Å²) >= 11 is 1.91. The SMILES string of the molecule is CNS(=O)(=O)Nc1cccc(Oc2c(C)c(=O)n(C)c3c2c(=O)n(C2CC2)c(=O)n3-c2ccc(I)cc2F)c1F. The fraction of sp³-hybridized carbons (Fsp3) is 0.240. The second-order valence-electron chi connectivity index (χ2n) is 9.17. The molecule has 1 aliphatic rings. The third kappa shape index (κ3) is 4.71. The van der Waals surface area contributed by atoms with Crippen molar-refractivity contribution < 1.29 is 21.9 Å². The van der Waals surface area contributed by atoms with Gasteiger partial charge in [-0.15, -0.1) is 0 Å². The standard InChI is InChI=1S/C25H22F2IN5O6S/c1-12-21(39-18-6-4-5-16(20(18)27)30-40(37,38)29-2)19-22(31(3)23(12)34)33(17-10-7-13(28)11-15(17)26)25(36)32(24(19)35)14-8-9-14/h4-7,10-11,14,29-30H,8-9H2,1-3H3. The van der Waals surface area contributed by atoms with Crippen LogP contribution in [0.4, 0.5) is 14.5 Å². The van der Waals surface area contributed by atoms with Gasteiger partial charge in [-0.25, -0.2) is 22.9 Å². The van der Waals surface area contributed by atoms with Gasteiger partial charge in [0.15, 0.2) is 17.3 Å². The van der Waals surface area contributed by atoms with Crippen LogP contribution < -0.4 is 31.0 Å². The lowest BCUT2D eigenvalue weighted by Crippen LogP contribution is -2.42. The Morgan fingerprint density at radius 3 is 2.40 bits per heavy atom. The van der Waals surface area contributed by atoms with Crippen molar-refractivity contribution in [1.82, 2.24) is 18.4 Å². The summed E-state index contributed by atoms with van der Waals surface area (Å²) in [5.74, 6) is -2.72. The number of ether oxygens (including phenoxy) is 1. The predicted molar refractivity (Wildman–Crippen MR) is 153 cm³/mol. The Labute approximate surface area is 239 Å². The number of benzene rings is 2. The minimum atomic E-state index is -4.08. The summed E-state index contributed by atoms with van der Waals surface area (Å²) in [5, 5.41) is -0.246. The van der Waals surface area contributed by atoms with E-state index in [2.05, 4.69) is 0 Å². The van der Waals surface area contributed by atoms with Gasteiger partial charge in [0.2, 0.25) is 0 Å². The van der Waals surface area contributed by atoms with E-state index < -0.39 is 56.1 Å². The molecule has 1 saturated carbocycles. The molecule has 1 aliphatic carbocycles. The van der Waals surface area contributed by atoms with Crippen LogP contribution in [0.25, 0.3) is 16.7 Å². The normalized spacial score (nSPS) is 13.6. The summed E-state index contributed by atoms with van der Waals surface area (Å²) in [6.45, 7) is 1.37. The van der Waals surface area contributed by atoms with Crippen molar-refractivity contribution in [1.29, 1.82) is 0 Å². The first-order valence-electron chi connectivity index (χ1n) is 11.9. The van der Waals surface area contributed by atoms with Gasteiger partial charge in [-0.05, 0) is 72.7 Å². The summed E-state index contributed by atoms with van der Waals surface area (Å²) in [6, 6.07) is 7.35. The highest BCUT2D eigenvalue weighted by Gasteiger charge is 2.32. The first-order chi connectivity index (χ1) is 18.9. The van der Waals surface area contributed by atoms with E-state index in [1.807, 2.05) is 32.0 Å². The van der Waals surface area contributed by atoms with Crippen molar-refractivity contribution in [2.24, 2.45) is 7.05 Å². The number of rotatable bonds is 7. The molecule has 0 saturated heterocycles. The average Bonchev–Trinajstić information content (AvgIpc) is 3.73. The van der Waals surface area contributed by atoms with E-state index in [1.54, 1.807) is 6.07 Å². The number of hydrogen-bond donors (Lipinski definition) is 2. The van der Waals surface area contributed by atoms with E-state index in [0.717, 1.165) is 26.8 Å². The van der Waals surface area contributed by atoms with E-state index in [4.69, 9.17) is 4.74 Å². The highest BCUT2D eigenvalue weighted by Crippen LogP contribution is 2.36. The maximum absolute atomic E-state index is 15.4. The zero-order valence-corrected chi connectivity index (χ0v) is 24.3. The van der Waals surface area contributed by atoms with E-state index in [0.29, 0.717) is 16.4 Å². The number of hydrogen-bond acceptors (Lipinski definition) is 6. The molecular formula is C25H22F2IN5O6S. The molecule has 2 aromatic carbocycles. The molecular weight excluding hydrogens is 663 g/mol. The van der Waals surface area contributed by atoms with Gasteiger partial charge in [-0.1, -0.05) is 6.07 Å². The molecule has 0 aliphatic heterocycles. The second kappa shape index (κ2) is 10.1. The van der Waals surface area contributed by atoms with Gasteiger partial charge in [-0.3, -0.25) is 23.4 Å². The molecule has 15 heteroatoms. The van der Waals surface area contributed by atoms with Gasteiger partial charge in [0, 0.05) is 23.7 Å². The molecule has 0 atom stereocenters. The molecule has 0 radical (unpaired) electrons. The molecule has 4 aromatic rings. The Bertz CT molecular complexity index is 2000. The lowest BCUT2D eigenvalue weighted by molar-refractivity contribution is 0.442. The Morgan fingerprint density at radius 1 is 1.07 bits per heavy atom. The molecule has 2 N–H and O–H groups in total. The van der Waals surface area contributed by atoms with Crippen molar-refractivity contribution in [3.63, 3.8) is 0 Å². The van der Waals surface area contributed by atoms with Crippen LogP contribution in [0.5, 0.6) is 11.5 Å². The first kappa shape index (κ1) is 28.0. The topological polar surface area (TPSA) is 133 Å². The Balaban J connectivity index is 1.86. The quantitative estimate of drug-likeness (QED) is 0.288. The Morgan fingerprint density at radius 2 is 1.77 bits per heavy atom. The van der Waals surface area contributed by atoms with Crippen LogP contribution in [0.15, 0.2) is 50.8 Å². The number of nitrogens with zero attached hydrogens (tertiary/aromatic N) is 3. The minimum absolute atomic E-state index is 0.0802. The third-order valence-corrected chi connectivity index (χ3v) is 8.22. The van der Waals surface area contributed by atoms with Gasteiger partial charge in [0.1, 0.15) is 16.9 Å². The van der Waals surface area contributed by atoms with Crippen molar-refractivity contribution in [3.8, 4) is 17.2 Å². The molecule has 40 heavy (non-hydrogen) atoms. The summed E-state index contributed by atoms with van der Waals surface area (Å²) in [6.07, 6.45) is 1.08. The number of halogens is 3. The largest absolute Gasteiger partial charge is 0.453 e. The van der Waals surface area contributed by atoms with E-state index >= 15 is 8.78 Å². The van der Waals surface area contributed by atoms with E-state index in [9.17, 15) is 22.8 Å². The van der Waals surface area contributed by atoms with Crippen LogP contribution in [0.3, 0.4) is 0 Å². The van der Waals surface area contributed by atoms with Crippen molar-refractivity contribution >= 4 is 49.5 Å². The highest BCUT2D eigenvalue weighted by molar-refractivity contribution is 14.1. The second-order valence-corrected chi connectivity index (χ2v) is 12.0. The van der Waals surface area contributed by atoms with Crippen LogP contribution in [-0.4, -0.2) is 29.2 Å². The van der Waals surface area contributed by atoms with Crippen molar-refractivity contribution in [2.75, 3.05) is 11.8 Å². The van der Waals surface area contributed by atoms with Crippen molar-refractivity contribution in [3.05, 3.63) is 88.4 Å². The molecule has 2 heterocycles. The fourth-order valence-electron chi connectivity index (χ4n) is 4.40. The van der Waals surface area contributed by atoms with E-state index in [-0.39, 0.29) is 28.0 Å². The average molecular weight is 685 g/mol. The Kier molecular flexibility index (Phi) is 7.08. The summed E-state index contributed by atoms with van der Waals surface area (Å²) in [7, 11) is -1.61. The number of aromatic nitrogens is 3. The lowest BCUT2D eigenvalue weighted by atomic mass is 10.2. The maximum Gasteiger partial charge on any atom is 0.337 e. The molecule has 0 bridgehead atoms. The monoisotopic (exact) mass is 685 g/mol. The summed E-state index contributed by atoms with van der Waals surface area (Å²) in [5.41, 5.74) is -3.27. The van der Waals surface area contributed by atoms with Crippen LogP contribution in [0.1, 0.15) is 24.4 Å². The number of aryl methyl sites for hydroxylation is 1. The lowest BCUT2D eigenvalue weighted by Gasteiger charge is -2.20. The Hall–Kier alpha value is -3.57. The molecule has 1 fully saturated rings. The van der Waals surface area contributed by atoms with Crippen LogP contribution in [0.2, 0.25) is 0 Å². The minimum Gasteiger partial charge on any atom is -0.453 e. The highest BCUT2D eigenvalue weighted by atomic mass is 127. The number of nitrogens with one attached hydrogen (secondary N) is 2. The van der Waals surface area contributed by atoms with E-state index in [1.165, 1.54) is 38.2 Å². The zero-order valence-electron chi connectivity index (χ0n) is 21.3. The van der Waals surface area contributed by atoms with Gasteiger partial charge in [0.05, 0.1) is 16.9 Å². The summed E-state index contributed by atoms with van der Waals surface area (Å²) in [4.78, 5) is 40.8. The van der Waals surface area contributed by atoms with Crippen LogP contribution in [-0.2, 0) is 17.3 Å².